The van der Waals surface area contributed by atoms with Crippen molar-refractivity contribution in [2.45, 2.75) is 25.8 Å². The van der Waals surface area contributed by atoms with E-state index in [0.717, 1.165) is 47.0 Å². The van der Waals surface area contributed by atoms with Gasteiger partial charge in [0.1, 0.15) is 0 Å². The number of thiophene rings is 1. The number of rotatable bonds is 6. The van der Waals surface area contributed by atoms with Crippen LogP contribution in [0.4, 0.5) is 17.1 Å². The number of allylic oxidation sites excluding steroid dienone is 2. The third kappa shape index (κ3) is 5.29. The molecule has 0 amide bonds. The molecule has 2 heterocycles. The van der Waals surface area contributed by atoms with Gasteiger partial charge in [0.15, 0.2) is 5.84 Å². The number of amidine groups is 1. The Morgan fingerprint density at radius 3 is 2.16 bits per heavy atom. The molecule has 0 spiro atoms. The van der Waals surface area contributed by atoms with Crippen molar-refractivity contribution >= 4 is 70.9 Å². The zero-order chi connectivity index (χ0) is 32.7. The Kier molecular flexibility index (Phi) is 7.52. The van der Waals surface area contributed by atoms with Gasteiger partial charge in [-0.15, -0.1) is 11.3 Å². The molecule has 0 saturated heterocycles. The molecule has 6 aromatic carbocycles. The van der Waals surface area contributed by atoms with Crippen LogP contribution in [0, 0.1) is 5.92 Å². The minimum atomic E-state index is -0.0538. The number of benzene rings is 6. The van der Waals surface area contributed by atoms with Crippen LogP contribution in [-0.2, 0) is 0 Å². The van der Waals surface area contributed by atoms with E-state index in [9.17, 15) is 0 Å². The van der Waals surface area contributed by atoms with Crippen LogP contribution in [0.2, 0.25) is 0 Å². The van der Waals surface area contributed by atoms with E-state index in [-0.39, 0.29) is 12.0 Å². The molecule has 0 N–H and O–H groups in total. The largest absolute Gasteiger partial charge is 0.310 e. The molecular weight excluding hydrogens is 615 g/mol. The summed E-state index contributed by atoms with van der Waals surface area (Å²) >= 11 is 1.86. The van der Waals surface area contributed by atoms with E-state index < -0.39 is 0 Å². The maximum atomic E-state index is 5.42. The molecule has 3 nitrogen and oxygen atoms in total. The molecule has 1 aromatic heterocycles. The van der Waals surface area contributed by atoms with Gasteiger partial charge in [-0.2, -0.15) is 0 Å². The predicted octanol–water partition coefficient (Wildman–Crippen LogP) is 12.5. The van der Waals surface area contributed by atoms with E-state index >= 15 is 0 Å². The first kappa shape index (κ1) is 29.6. The Morgan fingerprint density at radius 1 is 0.653 bits per heavy atom. The van der Waals surface area contributed by atoms with Crippen LogP contribution < -0.4 is 4.90 Å². The normalized spacial score (nSPS) is 17.6. The van der Waals surface area contributed by atoms with Crippen LogP contribution in [0.1, 0.15) is 36.9 Å². The monoisotopic (exact) mass is 649 g/mol. The van der Waals surface area contributed by atoms with Gasteiger partial charge >= 0.3 is 0 Å². The van der Waals surface area contributed by atoms with Crippen LogP contribution in [0.3, 0.4) is 0 Å². The van der Waals surface area contributed by atoms with E-state index in [0.29, 0.717) is 0 Å². The second-order valence-corrected chi connectivity index (χ2v) is 13.9. The van der Waals surface area contributed by atoms with Crippen LogP contribution >= 0.6 is 11.3 Å². The summed E-state index contributed by atoms with van der Waals surface area (Å²) in [5, 5.41) is 5.04. The van der Waals surface area contributed by atoms with Gasteiger partial charge in [-0.1, -0.05) is 122 Å². The van der Waals surface area contributed by atoms with Gasteiger partial charge in [0.05, 0.1) is 11.8 Å². The molecule has 2 atom stereocenters. The lowest BCUT2D eigenvalue weighted by atomic mass is 9.83. The van der Waals surface area contributed by atoms with E-state index in [1.165, 1.54) is 42.1 Å². The topological polar surface area (TPSA) is 28.0 Å². The number of anilines is 3. The maximum absolute atomic E-state index is 5.42. The first-order valence-electron chi connectivity index (χ1n) is 17.1. The molecule has 0 fully saturated rings. The molecule has 7 aromatic rings. The average Bonchev–Trinajstić information content (AvgIpc) is 3.54. The Morgan fingerprint density at radius 2 is 1.39 bits per heavy atom. The highest BCUT2D eigenvalue weighted by Gasteiger charge is 2.32. The smallest absolute Gasteiger partial charge is 0.155 e. The number of hydrogen-bond donors (Lipinski definition) is 0. The summed E-state index contributed by atoms with van der Waals surface area (Å²) in [6, 6.07) is 50.1. The van der Waals surface area contributed by atoms with E-state index in [1.54, 1.807) is 0 Å². The fraction of sp³-hybridized carbons (Fsp3) is 0.111. The van der Waals surface area contributed by atoms with Gasteiger partial charge in [0, 0.05) is 54.3 Å². The summed E-state index contributed by atoms with van der Waals surface area (Å²) in [4.78, 5) is 13.2. The zero-order valence-electron chi connectivity index (χ0n) is 27.3. The minimum Gasteiger partial charge on any atom is -0.310 e. The standard InChI is InChI=1S/C45H35N3S/c1-30-43(37-24-13-18-31-15-11-12-23-36(31)37)46-45(32-16-5-2-6-17-32)47-44(30)39-25-14-26-40-42(39)38-28-27-35(29-41(38)49-40)48(33-19-7-3-8-20-33)34-21-9-4-10-22-34/h3-5,7-30,43H,2,6H2,1H3. The molecule has 236 valence electrons. The lowest BCUT2D eigenvalue weighted by Crippen LogP contribution is -2.27. The Bertz CT molecular complexity index is 2420. The number of nitrogens with zero attached hydrogens (tertiary/aromatic N) is 3. The van der Waals surface area contributed by atoms with Crippen LogP contribution in [0.5, 0.6) is 0 Å². The Labute approximate surface area is 290 Å². The van der Waals surface area contributed by atoms with Gasteiger partial charge in [-0.25, -0.2) is 4.99 Å². The van der Waals surface area contributed by atoms with E-state index in [4.69, 9.17) is 9.98 Å². The summed E-state index contributed by atoms with van der Waals surface area (Å²) in [6.07, 6.45) is 8.82. The highest BCUT2D eigenvalue weighted by molar-refractivity contribution is 7.26. The fourth-order valence-corrected chi connectivity index (χ4v) is 8.64. The predicted molar refractivity (Wildman–Crippen MR) is 210 cm³/mol. The van der Waals surface area contributed by atoms with Crippen molar-refractivity contribution in [1.29, 1.82) is 0 Å². The molecule has 49 heavy (non-hydrogen) atoms. The summed E-state index contributed by atoms with van der Waals surface area (Å²) in [5.41, 5.74) is 8.09. The van der Waals surface area contributed by atoms with Gasteiger partial charge in [0.25, 0.3) is 0 Å². The number of para-hydroxylation sites is 2. The van der Waals surface area contributed by atoms with Crippen molar-refractivity contribution in [1.82, 2.24) is 0 Å². The van der Waals surface area contributed by atoms with Crippen molar-refractivity contribution in [3.8, 4) is 0 Å². The summed E-state index contributed by atoms with van der Waals surface area (Å²) in [5.74, 6) is 0.913. The molecule has 2 aliphatic rings. The van der Waals surface area contributed by atoms with Crippen LogP contribution in [-0.4, -0.2) is 11.5 Å². The molecule has 9 rings (SSSR count). The van der Waals surface area contributed by atoms with Crippen molar-refractivity contribution in [3.05, 3.63) is 174 Å². The number of aliphatic imine (C=N–C) groups is 2. The summed E-state index contributed by atoms with van der Waals surface area (Å²) in [6.45, 7) is 2.31. The Hall–Kier alpha value is -5.58. The molecule has 1 aliphatic carbocycles. The van der Waals surface area contributed by atoms with E-state index in [2.05, 4.69) is 170 Å². The van der Waals surface area contributed by atoms with Gasteiger partial charge < -0.3 is 4.90 Å². The number of hydrogen-bond acceptors (Lipinski definition) is 4. The highest BCUT2D eigenvalue weighted by atomic mass is 32.1. The SMILES string of the molecule is CC1C(c2cccc3sc4cc(N(c5ccccc5)c5ccccc5)ccc4c23)=NC(C2=CCCC=C2)=NC1c1cccc2ccccc12. The highest BCUT2D eigenvalue weighted by Crippen LogP contribution is 2.44. The van der Waals surface area contributed by atoms with Gasteiger partial charge in [-0.3, -0.25) is 4.99 Å². The number of fused-ring (bicyclic) bond motifs is 4. The molecule has 4 heteroatoms. The fourth-order valence-electron chi connectivity index (χ4n) is 7.48. The zero-order valence-corrected chi connectivity index (χ0v) is 28.1. The summed E-state index contributed by atoms with van der Waals surface area (Å²) in [7, 11) is 0. The molecule has 1 aliphatic heterocycles. The lowest BCUT2D eigenvalue weighted by molar-refractivity contribution is 0.596. The van der Waals surface area contributed by atoms with Crippen LogP contribution in [0.25, 0.3) is 30.9 Å². The molecule has 0 bridgehead atoms. The van der Waals surface area contributed by atoms with Crippen molar-refractivity contribution in [2.75, 3.05) is 4.90 Å². The second-order valence-electron chi connectivity index (χ2n) is 12.9. The minimum absolute atomic E-state index is 0.0538. The summed E-state index contributed by atoms with van der Waals surface area (Å²) < 4.78 is 2.53. The van der Waals surface area contributed by atoms with Gasteiger partial charge in [-0.05, 0) is 71.6 Å². The molecule has 0 radical (unpaired) electrons. The molecular formula is C45H35N3S. The van der Waals surface area contributed by atoms with Gasteiger partial charge in [0.2, 0.25) is 0 Å². The first-order chi connectivity index (χ1) is 24.2. The lowest BCUT2D eigenvalue weighted by Gasteiger charge is -2.29. The Balaban J connectivity index is 1.21. The van der Waals surface area contributed by atoms with Crippen LogP contribution in [0.15, 0.2) is 173 Å². The third-order valence-corrected chi connectivity index (χ3v) is 10.9. The average molecular weight is 650 g/mol. The van der Waals surface area contributed by atoms with Crippen molar-refractivity contribution in [3.63, 3.8) is 0 Å². The molecule has 2 unspecified atom stereocenters. The molecule has 0 saturated carbocycles. The van der Waals surface area contributed by atoms with E-state index in [1.807, 2.05) is 11.3 Å². The van der Waals surface area contributed by atoms with Crippen molar-refractivity contribution < 1.29 is 0 Å². The maximum Gasteiger partial charge on any atom is 0.155 e. The first-order valence-corrected chi connectivity index (χ1v) is 17.9. The van der Waals surface area contributed by atoms with Crippen molar-refractivity contribution in [2.24, 2.45) is 15.9 Å². The quantitative estimate of drug-likeness (QED) is 0.176. The second kappa shape index (κ2) is 12.5. The third-order valence-electron chi connectivity index (χ3n) is 9.83.